The molecule has 0 spiro atoms. The SMILES string of the molecule is CS(=O)(=O)N(CC(=O)NCCc1cccc(Cl)c1)c1cccc(C#N)c1. The monoisotopic (exact) mass is 391 g/mol. The molecule has 2 rings (SSSR count). The largest absolute Gasteiger partial charge is 0.354 e. The lowest BCUT2D eigenvalue weighted by molar-refractivity contribution is -0.119. The number of nitriles is 1. The van der Waals surface area contributed by atoms with Crippen LogP contribution in [0.15, 0.2) is 48.5 Å². The van der Waals surface area contributed by atoms with Gasteiger partial charge in [0.15, 0.2) is 0 Å². The minimum absolute atomic E-state index is 0.275. The second-order valence-electron chi connectivity index (χ2n) is 5.66. The first kappa shape index (κ1) is 19.8. The Morgan fingerprint density at radius 3 is 2.62 bits per heavy atom. The minimum atomic E-state index is -3.68. The molecule has 6 nitrogen and oxygen atoms in total. The molecule has 0 bridgehead atoms. The van der Waals surface area contributed by atoms with E-state index >= 15 is 0 Å². The van der Waals surface area contributed by atoms with E-state index in [4.69, 9.17) is 16.9 Å². The van der Waals surface area contributed by atoms with Crippen LogP contribution in [0.4, 0.5) is 5.69 Å². The maximum Gasteiger partial charge on any atom is 0.240 e. The molecule has 0 radical (unpaired) electrons. The highest BCUT2D eigenvalue weighted by atomic mass is 35.5. The van der Waals surface area contributed by atoms with E-state index in [1.807, 2.05) is 24.3 Å². The van der Waals surface area contributed by atoms with Crippen molar-refractivity contribution in [3.63, 3.8) is 0 Å². The highest BCUT2D eigenvalue weighted by Gasteiger charge is 2.21. The molecule has 0 heterocycles. The van der Waals surface area contributed by atoms with Crippen LogP contribution >= 0.6 is 11.6 Å². The summed E-state index contributed by atoms with van der Waals surface area (Å²) in [4.78, 5) is 12.2. The smallest absolute Gasteiger partial charge is 0.240 e. The molecular formula is C18H18ClN3O3S. The molecule has 0 atom stereocenters. The third-order valence-electron chi connectivity index (χ3n) is 3.58. The van der Waals surface area contributed by atoms with Crippen molar-refractivity contribution >= 4 is 33.2 Å². The zero-order valence-corrected chi connectivity index (χ0v) is 15.7. The number of rotatable bonds is 7. The summed E-state index contributed by atoms with van der Waals surface area (Å²) in [5, 5.41) is 12.3. The molecule has 1 amide bonds. The zero-order valence-electron chi connectivity index (χ0n) is 14.1. The van der Waals surface area contributed by atoms with E-state index in [2.05, 4.69) is 5.32 Å². The van der Waals surface area contributed by atoms with Crippen molar-refractivity contribution in [3.05, 3.63) is 64.7 Å². The maximum absolute atomic E-state index is 12.2. The summed E-state index contributed by atoms with van der Waals surface area (Å²) in [5.74, 6) is -0.431. The van der Waals surface area contributed by atoms with Gasteiger partial charge in [-0.25, -0.2) is 8.42 Å². The predicted octanol–water partition coefficient (Wildman–Crippen LogP) is 2.34. The lowest BCUT2D eigenvalue weighted by Crippen LogP contribution is -2.41. The van der Waals surface area contributed by atoms with Crippen molar-refractivity contribution in [3.8, 4) is 6.07 Å². The van der Waals surface area contributed by atoms with Gasteiger partial charge in [-0.05, 0) is 42.3 Å². The number of nitrogens with one attached hydrogen (secondary N) is 1. The van der Waals surface area contributed by atoms with Crippen LogP contribution in [0.3, 0.4) is 0 Å². The Morgan fingerprint density at radius 2 is 1.96 bits per heavy atom. The summed E-state index contributed by atoms with van der Waals surface area (Å²) in [7, 11) is -3.68. The number of carbonyl (C=O) groups excluding carboxylic acids is 1. The summed E-state index contributed by atoms with van der Waals surface area (Å²) in [6.07, 6.45) is 1.60. The third-order valence-corrected chi connectivity index (χ3v) is 4.95. The normalized spacial score (nSPS) is 10.8. The number of nitrogens with zero attached hydrogens (tertiary/aromatic N) is 2. The first-order chi connectivity index (χ1) is 12.3. The number of anilines is 1. The zero-order chi connectivity index (χ0) is 19.2. The van der Waals surface area contributed by atoms with Crippen LogP contribution in [0.1, 0.15) is 11.1 Å². The second kappa shape index (κ2) is 8.70. The Balaban J connectivity index is 2.02. The molecule has 0 unspecified atom stereocenters. The lowest BCUT2D eigenvalue weighted by Gasteiger charge is -2.22. The van der Waals surface area contributed by atoms with E-state index in [0.29, 0.717) is 23.6 Å². The summed E-state index contributed by atoms with van der Waals surface area (Å²) < 4.78 is 25.1. The van der Waals surface area contributed by atoms with E-state index in [9.17, 15) is 13.2 Å². The van der Waals surface area contributed by atoms with Crippen LogP contribution in [0.5, 0.6) is 0 Å². The highest BCUT2D eigenvalue weighted by Crippen LogP contribution is 2.18. The fourth-order valence-corrected chi connectivity index (χ4v) is 3.42. The van der Waals surface area contributed by atoms with E-state index in [-0.39, 0.29) is 12.2 Å². The first-order valence-corrected chi connectivity index (χ1v) is 10.0. The molecule has 0 fully saturated rings. The van der Waals surface area contributed by atoms with Crippen LogP contribution < -0.4 is 9.62 Å². The Labute approximate surface area is 158 Å². The Hall–Kier alpha value is -2.56. The van der Waals surface area contributed by atoms with Crippen LogP contribution in [-0.4, -0.2) is 33.7 Å². The van der Waals surface area contributed by atoms with Gasteiger partial charge in [-0.2, -0.15) is 5.26 Å². The van der Waals surface area contributed by atoms with E-state index < -0.39 is 15.9 Å². The average Bonchev–Trinajstić information content (AvgIpc) is 2.59. The van der Waals surface area contributed by atoms with Crippen molar-refractivity contribution in [1.29, 1.82) is 5.26 Å². The van der Waals surface area contributed by atoms with Gasteiger partial charge in [0.25, 0.3) is 0 Å². The Morgan fingerprint density at radius 1 is 1.23 bits per heavy atom. The molecule has 0 aromatic heterocycles. The molecule has 1 N–H and O–H groups in total. The van der Waals surface area contributed by atoms with Crippen molar-refractivity contribution in [2.45, 2.75) is 6.42 Å². The van der Waals surface area contributed by atoms with E-state index in [1.54, 1.807) is 24.3 Å². The fraction of sp³-hybridized carbons (Fsp3) is 0.222. The summed E-state index contributed by atoms with van der Waals surface area (Å²) in [6, 6.07) is 15.4. The van der Waals surface area contributed by atoms with Crippen LogP contribution in [0, 0.1) is 11.3 Å². The molecule has 2 aromatic carbocycles. The number of hydrogen-bond acceptors (Lipinski definition) is 4. The van der Waals surface area contributed by atoms with Gasteiger partial charge in [0.05, 0.1) is 23.6 Å². The topological polar surface area (TPSA) is 90.3 Å². The van der Waals surface area contributed by atoms with E-state index in [0.717, 1.165) is 16.1 Å². The van der Waals surface area contributed by atoms with Gasteiger partial charge in [-0.1, -0.05) is 29.8 Å². The molecule has 0 saturated carbocycles. The standard InChI is InChI=1S/C18H18ClN3O3S/c1-26(24,25)22(17-7-3-5-15(11-17)12-20)13-18(23)21-9-8-14-4-2-6-16(19)10-14/h2-7,10-11H,8-9,13H2,1H3,(H,21,23). The summed E-state index contributed by atoms with van der Waals surface area (Å²) >= 11 is 5.91. The van der Waals surface area contributed by atoms with E-state index in [1.165, 1.54) is 6.07 Å². The molecule has 0 aliphatic rings. The molecule has 8 heteroatoms. The molecule has 2 aromatic rings. The van der Waals surface area contributed by atoms with Gasteiger partial charge >= 0.3 is 0 Å². The Bertz CT molecular complexity index is 939. The van der Waals surface area contributed by atoms with Gasteiger partial charge in [0, 0.05) is 11.6 Å². The third kappa shape index (κ3) is 5.76. The van der Waals surface area contributed by atoms with Crippen LogP contribution in [-0.2, 0) is 21.2 Å². The fourth-order valence-electron chi connectivity index (χ4n) is 2.36. The molecule has 136 valence electrons. The highest BCUT2D eigenvalue weighted by molar-refractivity contribution is 7.92. The molecular weight excluding hydrogens is 374 g/mol. The first-order valence-electron chi connectivity index (χ1n) is 7.78. The summed E-state index contributed by atoms with van der Waals surface area (Å²) in [6.45, 7) is -0.00171. The van der Waals surface area contributed by atoms with Crippen molar-refractivity contribution < 1.29 is 13.2 Å². The number of sulfonamides is 1. The second-order valence-corrected chi connectivity index (χ2v) is 8.00. The minimum Gasteiger partial charge on any atom is -0.354 e. The van der Waals surface area contributed by atoms with Gasteiger partial charge in [0.1, 0.15) is 6.54 Å². The molecule has 26 heavy (non-hydrogen) atoms. The van der Waals surface area contributed by atoms with Gasteiger partial charge in [0.2, 0.25) is 15.9 Å². The van der Waals surface area contributed by atoms with Crippen molar-refractivity contribution in [2.75, 3.05) is 23.7 Å². The molecule has 0 saturated heterocycles. The quantitative estimate of drug-likeness (QED) is 0.784. The molecule has 0 aliphatic heterocycles. The van der Waals surface area contributed by atoms with Gasteiger partial charge in [-0.15, -0.1) is 0 Å². The van der Waals surface area contributed by atoms with Crippen molar-refractivity contribution in [1.82, 2.24) is 5.32 Å². The number of carbonyl (C=O) groups is 1. The summed E-state index contributed by atoms with van der Waals surface area (Å²) in [5.41, 5.74) is 1.56. The maximum atomic E-state index is 12.2. The lowest BCUT2D eigenvalue weighted by atomic mass is 10.1. The number of amides is 1. The molecule has 0 aliphatic carbocycles. The van der Waals surface area contributed by atoms with Crippen LogP contribution in [0.25, 0.3) is 0 Å². The van der Waals surface area contributed by atoms with Gasteiger partial charge < -0.3 is 5.32 Å². The predicted molar refractivity (Wildman–Crippen MR) is 102 cm³/mol. The van der Waals surface area contributed by atoms with Gasteiger partial charge in [-0.3, -0.25) is 9.10 Å². The number of halogens is 1. The van der Waals surface area contributed by atoms with Crippen LogP contribution in [0.2, 0.25) is 5.02 Å². The Kier molecular flexibility index (Phi) is 6.61. The van der Waals surface area contributed by atoms with Crippen molar-refractivity contribution in [2.24, 2.45) is 0 Å². The number of benzene rings is 2. The number of hydrogen-bond donors (Lipinski definition) is 1. The average molecular weight is 392 g/mol.